The molecule has 0 N–H and O–H groups in total. The number of pyridine rings is 1. The van der Waals surface area contributed by atoms with Gasteiger partial charge in [0.05, 0.1) is 19.7 Å². The smallest absolute Gasteiger partial charge is 0.310 e. The average molecular weight is 233 g/mol. The molecule has 0 atom stereocenters. The highest BCUT2D eigenvalue weighted by molar-refractivity contribution is 5.73. The van der Waals surface area contributed by atoms with Gasteiger partial charge < -0.3 is 4.74 Å². The van der Waals surface area contributed by atoms with Crippen molar-refractivity contribution in [3.63, 3.8) is 0 Å². The molecular formula is C10H10F3NO2. The highest BCUT2D eigenvalue weighted by atomic mass is 19.3. The van der Waals surface area contributed by atoms with Crippen molar-refractivity contribution < 1.29 is 22.7 Å². The summed E-state index contributed by atoms with van der Waals surface area (Å²) in [5, 5.41) is 0. The first-order valence-corrected chi connectivity index (χ1v) is 4.46. The van der Waals surface area contributed by atoms with Gasteiger partial charge in [0.25, 0.3) is 6.43 Å². The van der Waals surface area contributed by atoms with E-state index in [1.54, 1.807) is 0 Å². The lowest BCUT2D eigenvalue weighted by Crippen LogP contribution is -2.11. The van der Waals surface area contributed by atoms with Crippen molar-refractivity contribution in [2.75, 3.05) is 7.11 Å². The van der Waals surface area contributed by atoms with E-state index in [-0.39, 0.29) is 11.3 Å². The molecule has 6 heteroatoms. The average Bonchev–Trinajstić information content (AvgIpc) is 2.22. The van der Waals surface area contributed by atoms with Gasteiger partial charge in [-0.1, -0.05) is 0 Å². The highest BCUT2D eigenvalue weighted by Gasteiger charge is 2.22. The molecular weight excluding hydrogens is 223 g/mol. The molecule has 0 aliphatic rings. The first-order chi connectivity index (χ1) is 7.47. The van der Waals surface area contributed by atoms with Gasteiger partial charge in [-0.25, -0.2) is 13.2 Å². The Hall–Kier alpha value is -1.59. The molecule has 0 aliphatic carbocycles. The number of halogens is 3. The SMILES string of the molecule is COC(=O)Cc1c(F)cnc(C)c1C(F)F. The predicted molar refractivity (Wildman–Crippen MR) is 49.6 cm³/mol. The van der Waals surface area contributed by atoms with Crippen LogP contribution in [0.3, 0.4) is 0 Å². The summed E-state index contributed by atoms with van der Waals surface area (Å²) in [7, 11) is 1.11. The normalized spacial score (nSPS) is 10.6. The Balaban J connectivity index is 3.23. The quantitative estimate of drug-likeness (QED) is 0.751. The topological polar surface area (TPSA) is 39.2 Å². The van der Waals surface area contributed by atoms with Crippen LogP contribution < -0.4 is 0 Å². The fourth-order valence-electron chi connectivity index (χ4n) is 1.33. The third-order valence-corrected chi connectivity index (χ3v) is 2.14. The van der Waals surface area contributed by atoms with Crippen LogP contribution in [0.15, 0.2) is 6.20 Å². The zero-order chi connectivity index (χ0) is 12.3. The molecule has 3 nitrogen and oxygen atoms in total. The van der Waals surface area contributed by atoms with E-state index in [1.165, 1.54) is 6.92 Å². The Bertz CT molecular complexity index is 407. The number of hydrogen-bond donors (Lipinski definition) is 0. The standard InChI is InChI=1S/C10H10F3NO2/c1-5-9(10(12)13)6(3-8(15)16-2)7(11)4-14-5/h4,10H,3H2,1-2H3. The largest absolute Gasteiger partial charge is 0.469 e. The fraction of sp³-hybridized carbons (Fsp3) is 0.400. The molecule has 0 amide bonds. The van der Waals surface area contributed by atoms with Crippen molar-refractivity contribution in [2.45, 2.75) is 19.8 Å². The number of aryl methyl sites for hydroxylation is 1. The van der Waals surface area contributed by atoms with Crippen LogP contribution in [0.4, 0.5) is 13.2 Å². The molecule has 0 spiro atoms. The molecule has 0 fully saturated rings. The first kappa shape index (κ1) is 12.5. The number of rotatable bonds is 3. The number of methoxy groups -OCH3 is 1. The lowest BCUT2D eigenvalue weighted by molar-refractivity contribution is -0.139. The van der Waals surface area contributed by atoms with E-state index in [4.69, 9.17) is 0 Å². The summed E-state index contributed by atoms with van der Waals surface area (Å²) in [6.45, 7) is 1.34. The second kappa shape index (κ2) is 4.96. The predicted octanol–water partition coefficient (Wildman–Crippen LogP) is 2.18. The van der Waals surface area contributed by atoms with Gasteiger partial charge in [-0.2, -0.15) is 0 Å². The summed E-state index contributed by atoms with van der Waals surface area (Å²) in [6, 6.07) is 0. The lowest BCUT2D eigenvalue weighted by atomic mass is 10.0. The Morgan fingerprint density at radius 2 is 2.19 bits per heavy atom. The number of ether oxygens (including phenoxy) is 1. The zero-order valence-corrected chi connectivity index (χ0v) is 8.76. The monoisotopic (exact) mass is 233 g/mol. The highest BCUT2D eigenvalue weighted by Crippen LogP contribution is 2.27. The summed E-state index contributed by atoms with van der Waals surface area (Å²) in [6.07, 6.45) is -2.58. The maximum atomic E-state index is 13.3. The molecule has 88 valence electrons. The van der Waals surface area contributed by atoms with Crippen LogP contribution >= 0.6 is 0 Å². The third kappa shape index (κ3) is 2.50. The fourth-order valence-corrected chi connectivity index (χ4v) is 1.33. The molecule has 0 unspecified atom stereocenters. The molecule has 0 saturated heterocycles. The van der Waals surface area contributed by atoms with Gasteiger partial charge in [-0.15, -0.1) is 0 Å². The van der Waals surface area contributed by atoms with Crippen molar-refractivity contribution in [3.05, 3.63) is 28.8 Å². The second-order valence-electron chi connectivity index (χ2n) is 3.14. The van der Waals surface area contributed by atoms with Gasteiger partial charge in [-0.3, -0.25) is 9.78 Å². The molecule has 0 saturated carbocycles. The van der Waals surface area contributed by atoms with E-state index < -0.39 is 30.2 Å². The Morgan fingerprint density at radius 3 is 2.69 bits per heavy atom. The Kier molecular flexibility index (Phi) is 3.87. The number of alkyl halides is 2. The molecule has 1 rings (SSSR count). The molecule has 0 aliphatic heterocycles. The van der Waals surface area contributed by atoms with Gasteiger partial charge in [0.2, 0.25) is 0 Å². The zero-order valence-electron chi connectivity index (χ0n) is 8.76. The number of carbonyl (C=O) groups is 1. The van der Waals surface area contributed by atoms with Crippen LogP contribution in [0.25, 0.3) is 0 Å². The lowest BCUT2D eigenvalue weighted by Gasteiger charge is -2.11. The number of hydrogen-bond acceptors (Lipinski definition) is 3. The minimum atomic E-state index is -2.87. The molecule has 0 aromatic carbocycles. The van der Waals surface area contributed by atoms with E-state index >= 15 is 0 Å². The minimum absolute atomic E-state index is 0.00954. The van der Waals surface area contributed by atoms with E-state index in [9.17, 15) is 18.0 Å². The summed E-state index contributed by atoms with van der Waals surface area (Å²) < 4.78 is 42.9. The van der Waals surface area contributed by atoms with E-state index in [0.29, 0.717) is 0 Å². The van der Waals surface area contributed by atoms with Gasteiger partial charge in [0.15, 0.2) is 0 Å². The summed E-state index contributed by atoms with van der Waals surface area (Å²) >= 11 is 0. The molecule has 0 bridgehead atoms. The van der Waals surface area contributed by atoms with Crippen LogP contribution in [-0.2, 0) is 16.0 Å². The molecule has 16 heavy (non-hydrogen) atoms. The van der Waals surface area contributed by atoms with Crippen molar-refractivity contribution in [1.82, 2.24) is 4.98 Å². The number of esters is 1. The molecule has 1 aromatic heterocycles. The summed E-state index contributed by atoms with van der Waals surface area (Å²) in [5.41, 5.74) is -0.880. The van der Waals surface area contributed by atoms with Crippen LogP contribution in [0.2, 0.25) is 0 Å². The Labute approximate surface area is 90.2 Å². The van der Waals surface area contributed by atoms with E-state index in [0.717, 1.165) is 13.3 Å². The van der Waals surface area contributed by atoms with E-state index in [2.05, 4.69) is 9.72 Å². The molecule has 0 radical (unpaired) electrons. The molecule has 1 aromatic rings. The van der Waals surface area contributed by atoms with Gasteiger partial charge in [-0.05, 0) is 6.92 Å². The third-order valence-electron chi connectivity index (χ3n) is 2.14. The summed E-state index contributed by atoms with van der Waals surface area (Å²) in [5.74, 6) is -1.70. The van der Waals surface area contributed by atoms with Gasteiger partial charge in [0.1, 0.15) is 5.82 Å². The minimum Gasteiger partial charge on any atom is -0.469 e. The van der Waals surface area contributed by atoms with Crippen molar-refractivity contribution in [2.24, 2.45) is 0 Å². The van der Waals surface area contributed by atoms with Crippen molar-refractivity contribution in [3.8, 4) is 0 Å². The molecule has 1 heterocycles. The number of nitrogens with zero attached hydrogens (tertiary/aromatic N) is 1. The second-order valence-corrected chi connectivity index (χ2v) is 3.14. The Morgan fingerprint density at radius 1 is 1.56 bits per heavy atom. The van der Waals surface area contributed by atoms with E-state index in [1.807, 2.05) is 0 Å². The van der Waals surface area contributed by atoms with Gasteiger partial charge >= 0.3 is 5.97 Å². The number of carbonyl (C=O) groups excluding carboxylic acids is 1. The summed E-state index contributed by atoms with van der Waals surface area (Å²) in [4.78, 5) is 14.5. The van der Waals surface area contributed by atoms with Crippen molar-refractivity contribution in [1.29, 1.82) is 0 Å². The first-order valence-electron chi connectivity index (χ1n) is 4.46. The van der Waals surface area contributed by atoms with Crippen LogP contribution in [0, 0.1) is 12.7 Å². The maximum Gasteiger partial charge on any atom is 0.310 e. The van der Waals surface area contributed by atoms with Crippen LogP contribution in [0.1, 0.15) is 23.2 Å². The van der Waals surface area contributed by atoms with Crippen LogP contribution in [-0.4, -0.2) is 18.1 Å². The number of aromatic nitrogens is 1. The maximum absolute atomic E-state index is 13.3. The van der Waals surface area contributed by atoms with Crippen molar-refractivity contribution >= 4 is 5.97 Å². The van der Waals surface area contributed by atoms with Crippen LogP contribution in [0.5, 0.6) is 0 Å². The van der Waals surface area contributed by atoms with Gasteiger partial charge in [0, 0.05) is 16.8 Å².